The lowest BCUT2D eigenvalue weighted by molar-refractivity contribution is -0.119. The molecule has 1 fully saturated rings. The van der Waals surface area contributed by atoms with Gasteiger partial charge in [0.15, 0.2) is 5.17 Å². The van der Waals surface area contributed by atoms with Gasteiger partial charge in [-0.3, -0.25) is 4.79 Å². The zero-order valence-corrected chi connectivity index (χ0v) is 8.93. The number of hydrogen-bond acceptors (Lipinski definition) is 5. The van der Waals surface area contributed by atoms with Crippen LogP contribution in [0.25, 0.3) is 0 Å². The summed E-state index contributed by atoms with van der Waals surface area (Å²) in [6.07, 6.45) is 4.79. The molecule has 0 spiro atoms. The highest BCUT2D eigenvalue weighted by Crippen LogP contribution is 1.92. The van der Waals surface area contributed by atoms with Gasteiger partial charge >= 0.3 is 0 Å². The van der Waals surface area contributed by atoms with E-state index < -0.39 is 0 Å². The Labute approximate surface area is 87.8 Å². The van der Waals surface area contributed by atoms with E-state index in [9.17, 15) is 4.79 Å². The van der Waals surface area contributed by atoms with Crippen LogP contribution in [0.5, 0.6) is 0 Å². The molecule has 6 heteroatoms. The number of ketones is 1. The molecule has 0 radical (unpaired) electrons. The first-order valence-electron chi connectivity index (χ1n) is 4.19. The predicted molar refractivity (Wildman–Crippen MR) is 57.9 cm³/mol. The van der Waals surface area contributed by atoms with E-state index in [2.05, 4.69) is 10.3 Å². The number of hydrogen-bond donors (Lipinski definition) is 2. The Hall–Kier alpha value is -1.06. The van der Waals surface area contributed by atoms with Crippen LogP contribution in [0.2, 0.25) is 0 Å². The standard InChI is InChI=1S/C5H9NO.C3H5N3S/c7-5-1-3-6-4-2-5;1-7-3(5)6-2-4/h6H,1-4H2;1H3,(H2,5,6). The Balaban J connectivity index is 0.000000241. The molecule has 0 aliphatic carbocycles. The summed E-state index contributed by atoms with van der Waals surface area (Å²) in [5.41, 5.74) is 5.07. The Morgan fingerprint density at radius 2 is 2.21 bits per heavy atom. The van der Waals surface area contributed by atoms with Crippen molar-refractivity contribution in [2.45, 2.75) is 12.8 Å². The number of carbonyl (C=O) groups is 1. The largest absolute Gasteiger partial charge is 0.378 e. The van der Waals surface area contributed by atoms with Crippen LogP contribution in [0.4, 0.5) is 0 Å². The monoisotopic (exact) mass is 214 g/mol. The highest BCUT2D eigenvalue weighted by molar-refractivity contribution is 8.13. The van der Waals surface area contributed by atoms with E-state index in [1.807, 2.05) is 0 Å². The molecule has 1 aliphatic rings. The van der Waals surface area contributed by atoms with Crippen LogP contribution in [0.1, 0.15) is 12.8 Å². The van der Waals surface area contributed by atoms with Gasteiger partial charge in [-0.15, -0.1) is 4.99 Å². The molecule has 1 saturated heterocycles. The summed E-state index contributed by atoms with van der Waals surface area (Å²) in [6, 6.07) is 0. The average Bonchev–Trinajstić information content (AvgIpc) is 2.20. The van der Waals surface area contributed by atoms with Crippen molar-refractivity contribution in [1.82, 2.24) is 5.32 Å². The fraction of sp³-hybridized carbons (Fsp3) is 0.625. The van der Waals surface area contributed by atoms with Crippen molar-refractivity contribution in [3.05, 3.63) is 0 Å². The summed E-state index contributed by atoms with van der Waals surface area (Å²) in [4.78, 5) is 13.6. The Morgan fingerprint density at radius 1 is 1.64 bits per heavy atom. The third-order valence-electron chi connectivity index (χ3n) is 1.53. The van der Waals surface area contributed by atoms with Gasteiger partial charge in [0, 0.05) is 25.9 Å². The fourth-order valence-corrected chi connectivity index (χ4v) is 0.933. The maximum atomic E-state index is 10.4. The number of nitrogens with one attached hydrogen (secondary N) is 1. The molecule has 0 bridgehead atoms. The third-order valence-corrected chi connectivity index (χ3v) is 2.04. The van der Waals surface area contributed by atoms with Gasteiger partial charge in [-0.1, -0.05) is 11.8 Å². The van der Waals surface area contributed by atoms with Crippen molar-refractivity contribution in [2.24, 2.45) is 10.7 Å². The highest BCUT2D eigenvalue weighted by atomic mass is 32.2. The maximum absolute atomic E-state index is 10.4. The molecule has 0 saturated carbocycles. The fourth-order valence-electron chi connectivity index (χ4n) is 0.801. The molecule has 0 atom stereocenters. The van der Waals surface area contributed by atoms with E-state index >= 15 is 0 Å². The Kier molecular flexibility index (Phi) is 7.89. The van der Waals surface area contributed by atoms with Crippen LogP contribution in [0.3, 0.4) is 0 Å². The molecule has 1 aliphatic heterocycles. The summed E-state index contributed by atoms with van der Waals surface area (Å²) in [7, 11) is 0. The van der Waals surface area contributed by atoms with Gasteiger partial charge in [0.25, 0.3) is 0 Å². The quantitative estimate of drug-likeness (QED) is 0.338. The molecule has 0 aromatic heterocycles. The van der Waals surface area contributed by atoms with Gasteiger partial charge in [0.05, 0.1) is 0 Å². The molecular formula is C8H14N4OS. The van der Waals surface area contributed by atoms with Gasteiger partial charge < -0.3 is 11.1 Å². The number of amidine groups is 1. The highest BCUT2D eigenvalue weighted by Gasteiger charge is 2.04. The van der Waals surface area contributed by atoms with E-state index in [-0.39, 0.29) is 0 Å². The van der Waals surface area contributed by atoms with Crippen LogP contribution >= 0.6 is 11.8 Å². The average molecular weight is 214 g/mol. The minimum absolute atomic E-state index is 0.308. The first-order valence-corrected chi connectivity index (χ1v) is 5.41. The number of thioether (sulfide) groups is 1. The van der Waals surface area contributed by atoms with Crippen molar-refractivity contribution >= 4 is 22.7 Å². The van der Waals surface area contributed by atoms with Gasteiger partial charge in [-0.05, 0) is 6.26 Å². The zero-order valence-electron chi connectivity index (χ0n) is 8.12. The normalized spacial score (nSPS) is 16.6. The summed E-state index contributed by atoms with van der Waals surface area (Å²) >= 11 is 1.25. The second-order valence-corrected chi connectivity index (χ2v) is 3.37. The second-order valence-electron chi connectivity index (χ2n) is 2.54. The molecule has 0 aromatic rings. The van der Waals surface area contributed by atoms with Crippen molar-refractivity contribution in [3.8, 4) is 6.19 Å². The molecule has 0 aromatic carbocycles. The minimum atomic E-state index is 0.308. The number of rotatable bonds is 0. The van der Waals surface area contributed by atoms with Crippen LogP contribution in [0, 0.1) is 11.5 Å². The van der Waals surface area contributed by atoms with Crippen LogP contribution in [0.15, 0.2) is 4.99 Å². The number of nitrogens with zero attached hydrogens (tertiary/aromatic N) is 2. The van der Waals surface area contributed by atoms with Crippen LogP contribution < -0.4 is 11.1 Å². The zero-order chi connectivity index (χ0) is 10.8. The van der Waals surface area contributed by atoms with Gasteiger partial charge in [0.1, 0.15) is 5.78 Å². The number of carbonyl (C=O) groups excluding carboxylic acids is 1. The van der Waals surface area contributed by atoms with Crippen LogP contribution in [-0.4, -0.2) is 30.3 Å². The molecule has 5 nitrogen and oxygen atoms in total. The summed E-state index contributed by atoms with van der Waals surface area (Å²) < 4.78 is 0. The number of nitriles is 1. The summed E-state index contributed by atoms with van der Waals surface area (Å²) in [5, 5.41) is 11.2. The van der Waals surface area contributed by atoms with Gasteiger partial charge in [-0.2, -0.15) is 5.26 Å². The molecule has 0 amide bonds. The molecule has 78 valence electrons. The van der Waals surface area contributed by atoms with E-state index in [0.717, 1.165) is 25.9 Å². The Morgan fingerprint density at radius 3 is 2.43 bits per heavy atom. The molecule has 1 rings (SSSR count). The number of piperidine rings is 1. The molecular weight excluding hydrogens is 200 g/mol. The van der Waals surface area contributed by atoms with Gasteiger partial charge in [-0.25, -0.2) is 0 Å². The maximum Gasteiger partial charge on any atom is 0.208 e. The van der Waals surface area contributed by atoms with E-state index in [1.54, 1.807) is 12.4 Å². The van der Waals surface area contributed by atoms with Crippen molar-refractivity contribution in [3.63, 3.8) is 0 Å². The van der Waals surface area contributed by atoms with Gasteiger partial charge in [0.2, 0.25) is 6.19 Å². The number of Topliss-reactive ketones (excluding diaryl/α,β-unsaturated/α-hetero) is 1. The van der Waals surface area contributed by atoms with E-state index in [1.165, 1.54) is 11.8 Å². The summed E-state index contributed by atoms with van der Waals surface area (Å²) in [5.74, 6) is 0.402. The van der Waals surface area contributed by atoms with Crippen molar-refractivity contribution in [2.75, 3.05) is 19.3 Å². The first kappa shape index (κ1) is 12.9. The molecule has 14 heavy (non-hydrogen) atoms. The van der Waals surface area contributed by atoms with Crippen LogP contribution in [-0.2, 0) is 4.79 Å². The minimum Gasteiger partial charge on any atom is -0.378 e. The van der Waals surface area contributed by atoms with E-state index in [0.29, 0.717) is 11.0 Å². The lowest BCUT2D eigenvalue weighted by atomic mass is 10.1. The van der Waals surface area contributed by atoms with Crippen molar-refractivity contribution in [1.29, 1.82) is 5.26 Å². The lowest BCUT2D eigenvalue weighted by Crippen LogP contribution is -2.27. The van der Waals surface area contributed by atoms with E-state index in [4.69, 9.17) is 11.0 Å². The topological polar surface area (TPSA) is 91.3 Å². The first-order chi connectivity index (χ1) is 6.70. The molecule has 0 unspecified atom stereocenters. The number of aliphatic imine (C=N–C) groups is 1. The molecule has 3 N–H and O–H groups in total. The predicted octanol–water partition coefficient (Wildman–Crippen LogP) is 0.0841. The molecule has 1 heterocycles. The second kappa shape index (κ2) is 8.53. The smallest absolute Gasteiger partial charge is 0.208 e. The number of nitrogens with two attached hydrogens (primary N) is 1. The Bertz CT molecular complexity index is 238. The lowest BCUT2D eigenvalue weighted by Gasteiger charge is -2.08. The SMILES string of the molecule is CSC(N)=NC#N.O=C1CCNCC1. The third kappa shape index (κ3) is 7.58. The summed E-state index contributed by atoms with van der Waals surface area (Å²) in [6.45, 7) is 1.78. The van der Waals surface area contributed by atoms with Crippen molar-refractivity contribution < 1.29 is 4.79 Å².